The number of amides is 3. The summed E-state index contributed by atoms with van der Waals surface area (Å²) < 4.78 is 5.13. The molecular formula is C22H21N3O4. The number of rotatable bonds is 7. The van der Waals surface area contributed by atoms with E-state index in [9.17, 15) is 14.4 Å². The van der Waals surface area contributed by atoms with E-state index in [4.69, 9.17) is 4.42 Å². The van der Waals surface area contributed by atoms with Crippen LogP contribution < -0.4 is 16.0 Å². The Hall–Kier alpha value is -3.87. The van der Waals surface area contributed by atoms with Crippen molar-refractivity contribution in [2.45, 2.75) is 13.5 Å². The summed E-state index contributed by atoms with van der Waals surface area (Å²) in [7, 11) is 0. The van der Waals surface area contributed by atoms with Gasteiger partial charge in [0.25, 0.3) is 11.8 Å². The molecule has 1 heterocycles. The summed E-state index contributed by atoms with van der Waals surface area (Å²) in [5, 5.41) is 8.03. The minimum atomic E-state index is -0.409. The Morgan fingerprint density at radius 3 is 2.38 bits per heavy atom. The average molecular weight is 391 g/mol. The number of nitrogens with one attached hydrogen (secondary N) is 3. The van der Waals surface area contributed by atoms with Gasteiger partial charge in [0.15, 0.2) is 0 Å². The van der Waals surface area contributed by atoms with Crippen molar-refractivity contribution < 1.29 is 18.8 Å². The van der Waals surface area contributed by atoms with E-state index in [1.165, 1.54) is 6.26 Å². The van der Waals surface area contributed by atoms with Crippen LogP contribution >= 0.6 is 0 Å². The van der Waals surface area contributed by atoms with Gasteiger partial charge in [-0.3, -0.25) is 14.4 Å². The smallest absolute Gasteiger partial charge is 0.255 e. The third-order valence-corrected chi connectivity index (χ3v) is 4.23. The summed E-state index contributed by atoms with van der Waals surface area (Å²) in [4.78, 5) is 36.6. The zero-order valence-corrected chi connectivity index (χ0v) is 15.9. The number of hydrogen-bond donors (Lipinski definition) is 3. The Balaban J connectivity index is 1.57. The summed E-state index contributed by atoms with van der Waals surface area (Å²) in [6, 6.07) is 17.3. The van der Waals surface area contributed by atoms with Gasteiger partial charge in [-0.25, -0.2) is 0 Å². The Morgan fingerprint density at radius 2 is 1.66 bits per heavy atom. The minimum Gasteiger partial charge on any atom is -0.467 e. The minimum absolute atomic E-state index is 0.168. The Labute approximate surface area is 168 Å². The lowest BCUT2D eigenvalue weighted by atomic mass is 10.1. The van der Waals surface area contributed by atoms with Gasteiger partial charge in [0.05, 0.1) is 19.4 Å². The lowest BCUT2D eigenvalue weighted by Crippen LogP contribution is -2.36. The van der Waals surface area contributed by atoms with E-state index in [0.29, 0.717) is 22.6 Å². The van der Waals surface area contributed by atoms with Gasteiger partial charge in [-0.15, -0.1) is 0 Å². The number of anilines is 1. The van der Waals surface area contributed by atoms with Crippen LogP contribution in [0.25, 0.3) is 0 Å². The molecule has 0 atom stereocenters. The van der Waals surface area contributed by atoms with Gasteiger partial charge >= 0.3 is 0 Å². The zero-order valence-electron chi connectivity index (χ0n) is 15.9. The normalized spacial score (nSPS) is 10.2. The maximum Gasteiger partial charge on any atom is 0.255 e. The summed E-state index contributed by atoms with van der Waals surface area (Å²) in [5.74, 6) is -0.376. The van der Waals surface area contributed by atoms with Crippen molar-refractivity contribution >= 4 is 23.4 Å². The lowest BCUT2D eigenvalue weighted by Gasteiger charge is -2.11. The highest BCUT2D eigenvalue weighted by Crippen LogP contribution is 2.18. The molecule has 7 heteroatoms. The van der Waals surface area contributed by atoms with Crippen LogP contribution in [-0.2, 0) is 11.3 Å². The predicted molar refractivity (Wildman–Crippen MR) is 108 cm³/mol. The maximum atomic E-state index is 12.4. The van der Waals surface area contributed by atoms with E-state index in [-0.39, 0.29) is 24.9 Å². The van der Waals surface area contributed by atoms with Crippen LogP contribution in [0.2, 0.25) is 0 Å². The van der Waals surface area contributed by atoms with Crippen molar-refractivity contribution in [3.63, 3.8) is 0 Å². The Kier molecular flexibility index (Phi) is 6.42. The van der Waals surface area contributed by atoms with E-state index in [1.54, 1.807) is 54.6 Å². The summed E-state index contributed by atoms with van der Waals surface area (Å²) >= 11 is 0. The van der Waals surface area contributed by atoms with Crippen molar-refractivity contribution in [2.75, 3.05) is 11.9 Å². The third-order valence-electron chi connectivity index (χ3n) is 4.23. The number of benzene rings is 2. The van der Waals surface area contributed by atoms with Gasteiger partial charge in [-0.1, -0.05) is 24.3 Å². The van der Waals surface area contributed by atoms with Crippen LogP contribution in [0.4, 0.5) is 5.69 Å². The second-order valence-electron chi connectivity index (χ2n) is 6.39. The molecule has 3 N–H and O–H groups in total. The van der Waals surface area contributed by atoms with Crippen LogP contribution in [0.15, 0.2) is 71.3 Å². The highest BCUT2D eigenvalue weighted by Gasteiger charge is 2.12. The molecule has 148 valence electrons. The fraction of sp³-hybridized carbons (Fsp3) is 0.136. The Bertz CT molecular complexity index is 998. The van der Waals surface area contributed by atoms with Crippen LogP contribution in [0.1, 0.15) is 32.0 Å². The maximum absolute atomic E-state index is 12.4. The van der Waals surface area contributed by atoms with Crippen LogP contribution in [-0.4, -0.2) is 24.3 Å². The molecule has 0 bridgehead atoms. The van der Waals surface area contributed by atoms with Gasteiger partial charge in [-0.2, -0.15) is 0 Å². The monoisotopic (exact) mass is 391 g/mol. The highest BCUT2D eigenvalue weighted by atomic mass is 16.3. The van der Waals surface area contributed by atoms with Crippen LogP contribution in [0.3, 0.4) is 0 Å². The summed E-state index contributed by atoms with van der Waals surface area (Å²) in [6.07, 6.45) is 1.52. The van der Waals surface area contributed by atoms with E-state index >= 15 is 0 Å². The van der Waals surface area contributed by atoms with Crippen molar-refractivity contribution in [1.82, 2.24) is 10.6 Å². The summed E-state index contributed by atoms with van der Waals surface area (Å²) in [5.41, 5.74) is 2.23. The first kappa shape index (κ1) is 19.9. The Morgan fingerprint density at radius 1 is 0.862 bits per heavy atom. The average Bonchev–Trinajstić information content (AvgIpc) is 3.26. The predicted octanol–water partition coefficient (Wildman–Crippen LogP) is 2.89. The van der Waals surface area contributed by atoms with E-state index in [2.05, 4.69) is 16.0 Å². The number of carbonyl (C=O) groups excluding carboxylic acids is 3. The van der Waals surface area contributed by atoms with Gasteiger partial charge in [-0.05, 0) is 48.9 Å². The molecule has 0 aliphatic rings. The largest absolute Gasteiger partial charge is 0.467 e. The number of aryl methyl sites for hydroxylation is 1. The first-order chi connectivity index (χ1) is 14.0. The molecule has 3 amide bonds. The topological polar surface area (TPSA) is 100 Å². The number of furan rings is 1. The van der Waals surface area contributed by atoms with Gasteiger partial charge < -0.3 is 20.4 Å². The molecule has 0 spiro atoms. The molecule has 0 saturated carbocycles. The molecule has 2 aromatic carbocycles. The second-order valence-corrected chi connectivity index (χ2v) is 6.39. The molecule has 0 aliphatic heterocycles. The quantitative estimate of drug-likeness (QED) is 0.576. The molecule has 0 radical (unpaired) electrons. The number of hydrogen-bond acceptors (Lipinski definition) is 4. The molecular weight excluding hydrogens is 370 g/mol. The molecule has 7 nitrogen and oxygen atoms in total. The lowest BCUT2D eigenvalue weighted by molar-refractivity contribution is -0.120. The van der Waals surface area contributed by atoms with Gasteiger partial charge in [0.2, 0.25) is 5.91 Å². The molecule has 0 unspecified atom stereocenters. The molecule has 1 aromatic heterocycles. The van der Waals surface area contributed by atoms with Crippen LogP contribution in [0.5, 0.6) is 0 Å². The summed E-state index contributed by atoms with van der Waals surface area (Å²) in [6.45, 7) is 1.92. The fourth-order valence-corrected chi connectivity index (χ4v) is 2.61. The molecule has 3 aromatic rings. The van der Waals surface area contributed by atoms with Gasteiger partial charge in [0.1, 0.15) is 5.76 Å². The first-order valence-electron chi connectivity index (χ1n) is 9.07. The number of carbonyl (C=O) groups is 3. The van der Waals surface area contributed by atoms with Gasteiger partial charge in [0, 0.05) is 16.8 Å². The molecule has 0 saturated heterocycles. The van der Waals surface area contributed by atoms with E-state index < -0.39 is 5.91 Å². The van der Waals surface area contributed by atoms with Crippen LogP contribution in [0, 0.1) is 6.92 Å². The third kappa shape index (κ3) is 5.55. The van der Waals surface area contributed by atoms with Crippen molar-refractivity contribution in [3.05, 3.63) is 89.4 Å². The van der Waals surface area contributed by atoms with Crippen molar-refractivity contribution in [2.24, 2.45) is 0 Å². The second kappa shape index (κ2) is 9.36. The van der Waals surface area contributed by atoms with Crippen molar-refractivity contribution in [3.8, 4) is 0 Å². The molecule has 3 rings (SSSR count). The molecule has 0 fully saturated rings. The first-order valence-corrected chi connectivity index (χ1v) is 9.07. The SMILES string of the molecule is Cc1ccc(C(=O)NCC(=O)NCc2ccco2)cc1NC(=O)c1ccccc1. The molecule has 0 aliphatic carbocycles. The molecule has 29 heavy (non-hydrogen) atoms. The highest BCUT2D eigenvalue weighted by molar-refractivity contribution is 6.05. The fourth-order valence-electron chi connectivity index (χ4n) is 2.61. The van der Waals surface area contributed by atoms with E-state index in [1.807, 2.05) is 13.0 Å². The standard InChI is InChI=1S/C22H21N3O4/c1-15-9-10-17(12-19(15)25-22(28)16-6-3-2-4-7-16)21(27)24-14-20(26)23-13-18-8-5-11-29-18/h2-12H,13-14H2,1H3,(H,23,26)(H,24,27)(H,25,28). The van der Waals surface area contributed by atoms with Crippen molar-refractivity contribution in [1.29, 1.82) is 0 Å². The zero-order chi connectivity index (χ0) is 20.6. The van der Waals surface area contributed by atoms with E-state index in [0.717, 1.165) is 5.56 Å².